The zero-order valence-corrected chi connectivity index (χ0v) is 10.8. The van der Waals surface area contributed by atoms with Crippen molar-refractivity contribution in [1.29, 1.82) is 0 Å². The summed E-state index contributed by atoms with van der Waals surface area (Å²) in [6.07, 6.45) is 6.30. The maximum Gasteiger partial charge on any atom is 0.229 e. The Morgan fingerprint density at radius 1 is 1.33 bits per heavy atom. The van der Waals surface area contributed by atoms with Gasteiger partial charge in [-0.25, -0.2) is 0 Å². The predicted octanol–water partition coefficient (Wildman–Crippen LogP) is 2.95. The van der Waals surface area contributed by atoms with Crippen LogP contribution in [-0.2, 0) is 0 Å². The molecule has 2 heterocycles. The van der Waals surface area contributed by atoms with E-state index in [9.17, 15) is 0 Å². The van der Waals surface area contributed by atoms with Crippen molar-refractivity contribution in [3.63, 3.8) is 0 Å². The maximum atomic E-state index is 5.72. The first kappa shape index (κ1) is 12.8. The van der Waals surface area contributed by atoms with E-state index in [1.807, 2.05) is 13.0 Å². The zero-order chi connectivity index (χ0) is 13.0. The fourth-order valence-corrected chi connectivity index (χ4v) is 1.81. The molecule has 0 spiro atoms. The molecule has 0 aromatic carbocycles. The van der Waals surface area contributed by atoms with Gasteiger partial charge in [0.1, 0.15) is 6.26 Å². The Labute approximate surface area is 106 Å². The molecular weight excluding hydrogens is 230 g/mol. The van der Waals surface area contributed by atoms with Crippen molar-refractivity contribution in [2.75, 3.05) is 0 Å². The van der Waals surface area contributed by atoms with Crippen molar-refractivity contribution in [2.24, 2.45) is 5.73 Å². The van der Waals surface area contributed by atoms with Gasteiger partial charge in [-0.2, -0.15) is 4.98 Å². The van der Waals surface area contributed by atoms with Gasteiger partial charge in [0.2, 0.25) is 11.7 Å². The molecule has 2 rings (SSSR count). The summed E-state index contributed by atoms with van der Waals surface area (Å²) in [4.78, 5) is 4.38. The molecule has 2 atom stereocenters. The highest BCUT2D eigenvalue weighted by Crippen LogP contribution is 2.23. The largest absolute Gasteiger partial charge is 0.472 e. The minimum atomic E-state index is 0.251. The molecule has 0 aliphatic carbocycles. The van der Waals surface area contributed by atoms with Crippen LogP contribution in [0.5, 0.6) is 0 Å². The van der Waals surface area contributed by atoms with Crippen LogP contribution in [0.4, 0.5) is 0 Å². The molecule has 2 aromatic rings. The number of furan rings is 1. The molecule has 0 saturated heterocycles. The molecule has 18 heavy (non-hydrogen) atoms. The van der Waals surface area contributed by atoms with Crippen molar-refractivity contribution in [3.8, 4) is 11.4 Å². The number of aromatic nitrogens is 2. The fraction of sp³-hybridized carbons (Fsp3) is 0.538. The van der Waals surface area contributed by atoms with Gasteiger partial charge in [0.25, 0.3) is 0 Å². The molecule has 5 nitrogen and oxygen atoms in total. The minimum Gasteiger partial charge on any atom is -0.472 e. The minimum absolute atomic E-state index is 0.251. The van der Waals surface area contributed by atoms with Gasteiger partial charge in [0.15, 0.2) is 0 Å². The summed E-state index contributed by atoms with van der Waals surface area (Å²) < 4.78 is 10.3. The third kappa shape index (κ3) is 3.20. The first-order chi connectivity index (χ1) is 8.66. The van der Waals surface area contributed by atoms with Crippen LogP contribution in [0.1, 0.15) is 44.9 Å². The summed E-state index contributed by atoms with van der Waals surface area (Å²) in [5.41, 5.74) is 6.56. The highest BCUT2D eigenvalue weighted by atomic mass is 16.5. The SMILES string of the molecule is CC(N)CCCC(C)c1nc(-c2ccoc2)no1. The highest BCUT2D eigenvalue weighted by molar-refractivity contribution is 5.51. The van der Waals surface area contributed by atoms with E-state index < -0.39 is 0 Å². The van der Waals surface area contributed by atoms with Crippen LogP contribution in [0.2, 0.25) is 0 Å². The second-order valence-electron chi connectivity index (χ2n) is 4.78. The molecule has 0 fully saturated rings. The number of hydrogen-bond acceptors (Lipinski definition) is 5. The highest BCUT2D eigenvalue weighted by Gasteiger charge is 2.15. The summed E-state index contributed by atoms with van der Waals surface area (Å²) in [5, 5.41) is 3.95. The van der Waals surface area contributed by atoms with Gasteiger partial charge < -0.3 is 14.7 Å². The second-order valence-corrected chi connectivity index (χ2v) is 4.78. The van der Waals surface area contributed by atoms with E-state index in [2.05, 4.69) is 17.1 Å². The van der Waals surface area contributed by atoms with Crippen LogP contribution < -0.4 is 5.73 Å². The lowest BCUT2D eigenvalue weighted by Gasteiger charge is -2.07. The molecule has 98 valence electrons. The van der Waals surface area contributed by atoms with Crippen molar-refractivity contribution in [2.45, 2.75) is 45.1 Å². The molecular formula is C13H19N3O2. The van der Waals surface area contributed by atoms with Gasteiger partial charge >= 0.3 is 0 Å². The first-order valence-corrected chi connectivity index (χ1v) is 6.28. The van der Waals surface area contributed by atoms with Crippen LogP contribution in [-0.4, -0.2) is 16.2 Å². The van der Waals surface area contributed by atoms with E-state index in [1.165, 1.54) is 0 Å². The molecule has 0 saturated carbocycles. The number of nitrogens with two attached hydrogens (primary N) is 1. The van der Waals surface area contributed by atoms with Crippen molar-refractivity contribution >= 4 is 0 Å². The van der Waals surface area contributed by atoms with Gasteiger partial charge in [0, 0.05) is 12.0 Å². The Kier molecular flexibility index (Phi) is 4.15. The third-order valence-corrected chi connectivity index (χ3v) is 2.94. The Morgan fingerprint density at radius 2 is 2.17 bits per heavy atom. The fourth-order valence-electron chi connectivity index (χ4n) is 1.81. The van der Waals surface area contributed by atoms with E-state index in [4.69, 9.17) is 14.7 Å². The number of hydrogen-bond donors (Lipinski definition) is 1. The monoisotopic (exact) mass is 249 g/mol. The van der Waals surface area contributed by atoms with Crippen LogP contribution >= 0.6 is 0 Å². The van der Waals surface area contributed by atoms with Crippen LogP contribution in [0, 0.1) is 0 Å². The Bertz CT molecular complexity index is 462. The summed E-state index contributed by atoms with van der Waals surface area (Å²) >= 11 is 0. The van der Waals surface area contributed by atoms with Gasteiger partial charge in [-0.15, -0.1) is 0 Å². The summed E-state index contributed by atoms with van der Waals surface area (Å²) in [7, 11) is 0. The van der Waals surface area contributed by atoms with E-state index >= 15 is 0 Å². The van der Waals surface area contributed by atoms with Crippen molar-refractivity contribution in [3.05, 3.63) is 24.5 Å². The van der Waals surface area contributed by atoms with E-state index in [-0.39, 0.29) is 12.0 Å². The van der Waals surface area contributed by atoms with Gasteiger partial charge in [-0.3, -0.25) is 0 Å². The molecule has 2 unspecified atom stereocenters. The molecule has 0 amide bonds. The number of rotatable bonds is 6. The first-order valence-electron chi connectivity index (χ1n) is 6.28. The Morgan fingerprint density at radius 3 is 2.83 bits per heavy atom. The Balaban J connectivity index is 1.93. The van der Waals surface area contributed by atoms with Crippen molar-refractivity contribution < 1.29 is 8.94 Å². The van der Waals surface area contributed by atoms with Crippen molar-refractivity contribution in [1.82, 2.24) is 10.1 Å². The Hall–Kier alpha value is -1.62. The predicted molar refractivity (Wildman–Crippen MR) is 67.9 cm³/mol. The van der Waals surface area contributed by atoms with Crippen LogP contribution in [0.15, 0.2) is 27.5 Å². The van der Waals surface area contributed by atoms with Gasteiger partial charge in [0.05, 0.1) is 11.8 Å². The smallest absolute Gasteiger partial charge is 0.229 e. The maximum absolute atomic E-state index is 5.72. The molecule has 2 aromatic heterocycles. The van der Waals surface area contributed by atoms with E-state index in [1.54, 1.807) is 12.5 Å². The quantitative estimate of drug-likeness (QED) is 0.851. The zero-order valence-electron chi connectivity index (χ0n) is 10.8. The number of nitrogens with zero attached hydrogens (tertiary/aromatic N) is 2. The lowest BCUT2D eigenvalue weighted by molar-refractivity contribution is 0.350. The molecule has 0 aliphatic rings. The average molecular weight is 249 g/mol. The lowest BCUT2D eigenvalue weighted by Crippen LogP contribution is -2.14. The second kappa shape index (κ2) is 5.82. The molecule has 2 N–H and O–H groups in total. The topological polar surface area (TPSA) is 78.1 Å². The lowest BCUT2D eigenvalue weighted by atomic mass is 10.0. The van der Waals surface area contributed by atoms with Gasteiger partial charge in [-0.1, -0.05) is 18.5 Å². The summed E-state index contributed by atoms with van der Waals surface area (Å²) in [5.74, 6) is 1.52. The van der Waals surface area contributed by atoms with Gasteiger partial charge in [-0.05, 0) is 25.8 Å². The summed E-state index contributed by atoms with van der Waals surface area (Å²) in [6, 6.07) is 2.07. The van der Waals surface area contributed by atoms with Crippen LogP contribution in [0.3, 0.4) is 0 Å². The normalized spacial score (nSPS) is 14.6. The standard InChI is InChI=1S/C13H19N3O2/c1-9(4-3-5-10(2)14)13-15-12(16-18-13)11-6-7-17-8-11/h6-10H,3-5,14H2,1-2H3. The third-order valence-electron chi connectivity index (χ3n) is 2.94. The molecule has 0 bridgehead atoms. The van der Waals surface area contributed by atoms with E-state index in [0.29, 0.717) is 11.7 Å². The average Bonchev–Trinajstić information content (AvgIpc) is 2.99. The molecule has 5 heteroatoms. The van der Waals surface area contributed by atoms with E-state index in [0.717, 1.165) is 24.8 Å². The molecule has 0 aliphatic heterocycles. The van der Waals surface area contributed by atoms with Crippen LogP contribution in [0.25, 0.3) is 11.4 Å². The summed E-state index contributed by atoms with van der Waals surface area (Å²) in [6.45, 7) is 4.11. The molecule has 0 radical (unpaired) electrons.